The van der Waals surface area contributed by atoms with Crippen LogP contribution < -0.4 is 0 Å². The Balaban J connectivity index is 3.43. The van der Waals surface area contributed by atoms with Crippen molar-refractivity contribution < 1.29 is 13.7 Å². The molecule has 0 spiro atoms. The first-order valence-electron chi connectivity index (χ1n) is 5.15. The molecule has 3 nitrogen and oxygen atoms in total. The molecule has 17 heavy (non-hydrogen) atoms. The standard InChI is InChI=1S/C11H12BrF2NO2/c1-3-8(6(2)12)9-4-7(13)5-10(14)11(9)15(16)17/h4-6,8H,3H2,1-2H3. The topological polar surface area (TPSA) is 43.1 Å². The van der Waals surface area contributed by atoms with Crippen LogP contribution in [0.4, 0.5) is 14.5 Å². The van der Waals surface area contributed by atoms with Gasteiger partial charge in [0.1, 0.15) is 5.82 Å². The van der Waals surface area contributed by atoms with Gasteiger partial charge in [0, 0.05) is 22.4 Å². The van der Waals surface area contributed by atoms with Gasteiger partial charge in [-0.05, 0) is 12.5 Å². The summed E-state index contributed by atoms with van der Waals surface area (Å²) in [5.74, 6) is -2.23. The molecular weight excluding hydrogens is 296 g/mol. The van der Waals surface area contributed by atoms with Crippen LogP contribution in [-0.4, -0.2) is 9.75 Å². The smallest absolute Gasteiger partial charge is 0.258 e. The summed E-state index contributed by atoms with van der Waals surface area (Å²) in [5.41, 5.74) is -0.538. The van der Waals surface area contributed by atoms with Gasteiger partial charge in [-0.1, -0.05) is 29.8 Å². The third-order valence-electron chi connectivity index (χ3n) is 2.63. The maximum atomic E-state index is 13.4. The van der Waals surface area contributed by atoms with Crippen LogP contribution in [0.3, 0.4) is 0 Å². The van der Waals surface area contributed by atoms with Crippen molar-refractivity contribution in [3.8, 4) is 0 Å². The lowest BCUT2D eigenvalue weighted by atomic mass is 9.92. The van der Waals surface area contributed by atoms with Gasteiger partial charge >= 0.3 is 5.69 Å². The van der Waals surface area contributed by atoms with Gasteiger partial charge in [-0.3, -0.25) is 10.1 Å². The van der Waals surface area contributed by atoms with E-state index in [2.05, 4.69) is 15.9 Å². The fourth-order valence-electron chi connectivity index (χ4n) is 1.85. The first-order valence-corrected chi connectivity index (χ1v) is 6.07. The van der Waals surface area contributed by atoms with Crippen molar-refractivity contribution in [1.29, 1.82) is 0 Å². The second-order valence-electron chi connectivity index (χ2n) is 3.77. The molecule has 0 bridgehead atoms. The third kappa shape index (κ3) is 3.00. The number of nitro groups is 1. The summed E-state index contributed by atoms with van der Waals surface area (Å²) in [7, 11) is 0. The molecule has 1 aromatic carbocycles. The molecule has 0 aliphatic rings. The lowest BCUT2D eigenvalue weighted by Gasteiger charge is -2.18. The van der Waals surface area contributed by atoms with Crippen molar-refractivity contribution in [2.75, 3.05) is 0 Å². The highest BCUT2D eigenvalue weighted by Crippen LogP contribution is 2.36. The summed E-state index contributed by atoms with van der Waals surface area (Å²) in [6.45, 7) is 3.61. The van der Waals surface area contributed by atoms with Crippen LogP contribution in [0.5, 0.6) is 0 Å². The maximum absolute atomic E-state index is 13.4. The number of nitrogens with zero attached hydrogens (tertiary/aromatic N) is 1. The average molecular weight is 308 g/mol. The number of hydrogen-bond donors (Lipinski definition) is 0. The number of benzene rings is 1. The zero-order valence-electron chi connectivity index (χ0n) is 9.41. The molecule has 0 saturated carbocycles. The van der Waals surface area contributed by atoms with Crippen LogP contribution in [0.25, 0.3) is 0 Å². The summed E-state index contributed by atoms with van der Waals surface area (Å²) >= 11 is 3.30. The Kier molecular flexibility index (Phi) is 4.56. The number of halogens is 3. The molecule has 0 N–H and O–H groups in total. The summed E-state index contributed by atoms with van der Waals surface area (Å²) in [4.78, 5) is 9.92. The second kappa shape index (κ2) is 5.53. The normalized spacial score (nSPS) is 14.4. The van der Waals surface area contributed by atoms with Crippen molar-refractivity contribution >= 4 is 21.6 Å². The van der Waals surface area contributed by atoms with Gasteiger partial charge in [0.05, 0.1) is 4.92 Å². The van der Waals surface area contributed by atoms with Gasteiger partial charge in [-0.15, -0.1) is 0 Å². The molecule has 0 radical (unpaired) electrons. The fourth-order valence-corrected chi connectivity index (χ4v) is 2.51. The van der Waals surface area contributed by atoms with Gasteiger partial charge in [0.2, 0.25) is 5.82 Å². The van der Waals surface area contributed by atoms with Crippen molar-refractivity contribution in [3.05, 3.63) is 39.4 Å². The first-order chi connectivity index (χ1) is 7.88. The minimum atomic E-state index is -1.13. The fraction of sp³-hybridized carbons (Fsp3) is 0.455. The number of hydrogen-bond acceptors (Lipinski definition) is 2. The van der Waals surface area contributed by atoms with E-state index in [9.17, 15) is 18.9 Å². The van der Waals surface area contributed by atoms with E-state index < -0.39 is 22.2 Å². The predicted molar refractivity (Wildman–Crippen MR) is 64.4 cm³/mol. The van der Waals surface area contributed by atoms with Crippen LogP contribution in [0, 0.1) is 21.7 Å². The summed E-state index contributed by atoms with van der Waals surface area (Å²) in [5, 5.41) is 10.8. The van der Waals surface area contributed by atoms with Gasteiger partial charge in [0.25, 0.3) is 0 Å². The molecular formula is C11H12BrF2NO2. The first kappa shape index (κ1) is 14.0. The Morgan fingerprint density at radius 3 is 2.47 bits per heavy atom. The highest BCUT2D eigenvalue weighted by molar-refractivity contribution is 9.09. The van der Waals surface area contributed by atoms with E-state index in [1.54, 1.807) is 6.92 Å². The largest absolute Gasteiger partial charge is 0.308 e. The molecule has 0 heterocycles. The van der Waals surface area contributed by atoms with E-state index in [1.165, 1.54) is 0 Å². The maximum Gasteiger partial charge on any atom is 0.308 e. The Hall–Kier alpha value is -1.04. The van der Waals surface area contributed by atoms with Crippen molar-refractivity contribution in [2.24, 2.45) is 0 Å². The van der Waals surface area contributed by atoms with Crippen molar-refractivity contribution in [3.63, 3.8) is 0 Å². The van der Waals surface area contributed by atoms with Crippen molar-refractivity contribution in [2.45, 2.75) is 31.0 Å². The molecule has 0 amide bonds. The minimum Gasteiger partial charge on any atom is -0.258 e. The zero-order chi connectivity index (χ0) is 13.2. The Morgan fingerprint density at radius 1 is 1.47 bits per heavy atom. The molecule has 1 rings (SSSR count). The predicted octanol–water partition coefficient (Wildman–Crippen LogP) is 4.15. The van der Waals surface area contributed by atoms with E-state index in [0.717, 1.165) is 6.07 Å². The van der Waals surface area contributed by atoms with Gasteiger partial charge in [-0.25, -0.2) is 4.39 Å². The highest BCUT2D eigenvalue weighted by Gasteiger charge is 2.28. The lowest BCUT2D eigenvalue weighted by Crippen LogP contribution is -2.12. The molecule has 94 valence electrons. The second-order valence-corrected chi connectivity index (χ2v) is 5.22. The highest BCUT2D eigenvalue weighted by atomic mass is 79.9. The summed E-state index contributed by atoms with van der Waals surface area (Å²) < 4.78 is 26.6. The number of nitro benzene ring substituents is 1. The molecule has 1 aromatic rings. The van der Waals surface area contributed by atoms with Gasteiger partial charge in [0.15, 0.2) is 0 Å². The van der Waals surface area contributed by atoms with Crippen molar-refractivity contribution in [1.82, 2.24) is 0 Å². The molecule has 2 atom stereocenters. The van der Waals surface area contributed by atoms with E-state index in [-0.39, 0.29) is 16.3 Å². The van der Waals surface area contributed by atoms with Gasteiger partial charge < -0.3 is 0 Å². The Bertz CT molecular complexity index is 438. The summed E-state index contributed by atoms with van der Waals surface area (Å²) in [6, 6.07) is 1.57. The van der Waals surface area contributed by atoms with Crippen LogP contribution in [0.15, 0.2) is 12.1 Å². The monoisotopic (exact) mass is 307 g/mol. The molecule has 2 unspecified atom stereocenters. The lowest BCUT2D eigenvalue weighted by molar-refractivity contribution is -0.388. The number of rotatable bonds is 4. The van der Waals surface area contributed by atoms with Gasteiger partial charge in [-0.2, -0.15) is 4.39 Å². The molecule has 6 heteroatoms. The summed E-state index contributed by atoms with van der Waals surface area (Å²) in [6.07, 6.45) is 0.552. The van der Waals surface area contributed by atoms with E-state index in [1.807, 2.05) is 6.92 Å². The molecule has 0 aliphatic heterocycles. The van der Waals surface area contributed by atoms with Crippen LogP contribution in [-0.2, 0) is 0 Å². The SMILES string of the molecule is CCC(c1cc(F)cc(F)c1[N+](=O)[O-])C(C)Br. The molecule has 0 aliphatic carbocycles. The quantitative estimate of drug-likeness (QED) is 0.476. The van der Waals surface area contributed by atoms with E-state index in [0.29, 0.717) is 12.5 Å². The molecule has 0 aromatic heterocycles. The molecule has 0 fully saturated rings. The third-order valence-corrected chi connectivity index (χ3v) is 3.27. The average Bonchev–Trinajstić information content (AvgIpc) is 2.15. The molecule has 0 saturated heterocycles. The van der Waals surface area contributed by atoms with Crippen LogP contribution >= 0.6 is 15.9 Å². The Morgan fingerprint density at radius 2 is 2.06 bits per heavy atom. The zero-order valence-corrected chi connectivity index (χ0v) is 11.0. The minimum absolute atomic E-state index is 0.0966. The van der Waals surface area contributed by atoms with Crippen LogP contribution in [0.1, 0.15) is 31.7 Å². The Labute approximate surface area is 106 Å². The number of alkyl halides is 1. The van der Waals surface area contributed by atoms with E-state index in [4.69, 9.17) is 0 Å². The van der Waals surface area contributed by atoms with E-state index >= 15 is 0 Å². The van der Waals surface area contributed by atoms with Crippen LogP contribution in [0.2, 0.25) is 0 Å².